The molecule has 0 aromatic heterocycles. The van der Waals surface area contributed by atoms with Crippen molar-refractivity contribution in [2.24, 2.45) is 5.73 Å². The number of hydrogen-bond donors (Lipinski definition) is 1. The van der Waals surface area contributed by atoms with Crippen molar-refractivity contribution in [1.29, 1.82) is 0 Å². The first kappa shape index (κ1) is 13.7. The number of halogens is 5. The summed E-state index contributed by atoms with van der Waals surface area (Å²) in [6.45, 7) is 0.540. The minimum Gasteiger partial charge on any atom is -0.475 e. The van der Waals surface area contributed by atoms with E-state index < -0.39 is 29.7 Å². The van der Waals surface area contributed by atoms with Gasteiger partial charge in [-0.3, -0.25) is 0 Å². The minimum absolute atomic E-state index is 0.122. The maximum atomic E-state index is 13.3. The van der Waals surface area contributed by atoms with E-state index >= 15 is 0 Å². The Morgan fingerprint density at radius 3 is 2.06 bits per heavy atom. The van der Waals surface area contributed by atoms with Crippen LogP contribution >= 0.6 is 0 Å². The van der Waals surface area contributed by atoms with E-state index in [-0.39, 0.29) is 12.1 Å². The fraction of sp³-hybridized carbons (Fsp3) is 0.400. The van der Waals surface area contributed by atoms with E-state index in [0.717, 1.165) is 12.1 Å². The van der Waals surface area contributed by atoms with Gasteiger partial charge in [0.05, 0.1) is 0 Å². The van der Waals surface area contributed by atoms with Gasteiger partial charge in [0.1, 0.15) is 0 Å². The SMILES string of the molecule is CC(Oc1c(F)cc(CN)cc1F)C(F)(F)F. The third-order valence-electron chi connectivity index (χ3n) is 2.05. The number of benzene rings is 1. The number of rotatable bonds is 3. The minimum atomic E-state index is -4.69. The van der Waals surface area contributed by atoms with Crippen LogP contribution in [-0.2, 0) is 6.54 Å². The topological polar surface area (TPSA) is 35.2 Å². The lowest BCUT2D eigenvalue weighted by molar-refractivity contribution is -0.190. The highest BCUT2D eigenvalue weighted by Gasteiger charge is 2.39. The summed E-state index contributed by atoms with van der Waals surface area (Å²) in [6.07, 6.45) is -6.99. The third kappa shape index (κ3) is 3.29. The van der Waals surface area contributed by atoms with Gasteiger partial charge in [0.2, 0.25) is 0 Å². The maximum Gasteiger partial charge on any atom is 0.425 e. The summed E-state index contributed by atoms with van der Waals surface area (Å²) in [6, 6.07) is 1.67. The summed E-state index contributed by atoms with van der Waals surface area (Å²) >= 11 is 0. The lowest BCUT2D eigenvalue weighted by Gasteiger charge is -2.18. The molecule has 1 rings (SSSR count). The highest BCUT2D eigenvalue weighted by molar-refractivity contribution is 5.31. The van der Waals surface area contributed by atoms with Crippen LogP contribution in [-0.4, -0.2) is 12.3 Å². The first-order chi connectivity index (χ1) is 7.75. The van der Waals surface area contributed by atoms with E-state index in [0.29, 0.717) is 6.92 Å². The molecule has 0 aliphatic heterocycles. The molecule has 0 spiro atoms. The van der Waals surface area contributed by atoms with E-state index in [2.05, 4.69) is 4.74 Å². The molecule has 0 aliphatic carbocycles. The largest absolute Gasteiger partial charge is 0.475 e. The van der Waals surface area contributed by atoms with Crippen LogP contribution in [0.2, 0.25) is 0 Å². The normalized spacial score (nSPS) is 13.6. The molecule has 17 heavy (non-hydrogen) atoms. The fourth-order valence-corrected chi connectivity index (χ4v) is 1.09. The van der Waals surface area contributed by atoms with Crippen LogP contribution in [0.4, 0.5) is 22.0 Å². The summed E-state index contributed by atoms with van der Waals surface area (Å²) in [7, 11) is 0. The van der Waals surface area contributed by atoms with E-state index in [1.165, 1.54) is 0 Å². The van der Waals surface area contributed by atoms with Crippen molar-refractivity contribution in [2.45, 2.75) is 25.7 Å². The Labute approximate surface area is 94.2 Å². The Hall–Kier alpha value is -1.37. The monoisotopic (exact) mass is 255 g/mol. The van der Waals surface area contributed by atoms with Gasteiger partial charge in [0.25, 0.3) is 0 Å². The predicted octanol–water partition coefficient (Wildman–Crippen LogP) is 2.75. The molecule has 1 aromatic rings. The van der Waals surface area contributed by atoms with Crippen molar-refractivity contribution in [3.8, 4) is 5.75 Å². The van der Waals surface area contributed by atoms with Crippen molar-refractivity contribution in [2.75, 3.05) is 0 Å². The first-order valence-electron chi connectivity index (χ1n) is 4.67. The summed E-state index contributed by atoms with van der Waals surface area (Å²) < 4.78 is 67.2. The second-order valence-corrected chi connectivity index (χ2v) is 3.39. The Bertz CT molecular complexity index is 381. The summed E-state index contributed by atoms with van der Waals surface area (Å²) in [5, 5.41) is 0. The van der Waals surface area contributed by atoms with Crippen LogP contribution in [0.5, 0.6) is 5.75 Å². The van der Waals surface area contributed by atoms with Crippen molar-refractivity contribution in [3.05, 3.63) is 29.3 Å². The van der Waals surface area contributed by atoms with Gasteiger partial charge in [-0.1, -0.05) is 0 Å². The standard InChI is InChI=1S/C10H10F5NO/c1-5(10(13,14)15)17-9-7(11)2-6(4-16)3-8(9)12/h2-3,5H,4,16H2,1H3. The fourth-order valence-electron chi connectivity index (χ4n) is 1.09. The van der Waals surface area contributed by atoms with Crippen molar-refractivity contribution < 1.29 is 26.7 Å². The van der Waals surface area contributed by atoms with Gasteiger partial charge in [-0.25, -0.2) is 8.78 Å². The van der Waals surface area contributed by atoms with E-state index in [9.17, 15) is 22.0 Å². The van der Waals surface area contributed by atoms with Crippen LogP contribution < -0.4 is 10.5 Å². The smallest absolute Gasteiger partial charge is 0.425 e. The molecule has 0 amide bonds. The second kappa shape index (κ2) is 4.87. The zero-order valence-electron chi connectivity index (χ0n) is 8.81. The molecule has 7 heteroatoms. The number of hydrogen-bond acceptors (Lipinski definition) is 2. The quantitative estimate of drug-likeness (QED) is 0.843. The van der Waals surface area contributed by atoms with Crippen molar-refractivity contribution in [3.63, 3.8) is 0 Å². The summed E-state index contributed by atoms with van der Waals surface area (Å²) in [4.78, 5) is 0. The molecule has 0 bridgehead atoms. The maximum absolute atomic E-state index is 13.3. The molecule has 0 fully saturated rings. The van der Waals surface area contributed by atoms with Gasteiger partial charge < -0.3 is 10.5 Å². The molecule has 1 aromatic carbocycles. The molecular weight excluding hydrogens is 245 g/mol. The zero-order valence-corrected chi connectivity index (χ0v) is 8.81. The van der Waals surface area contributed by atoms with Gasteiger partial charge in [-0.15, -0.1) is 0 Å². The van der Waals surface area contributed by atoms with Crippen LogP contribution in [0, 0.1) is 11.6 Å². The van der Waals surface area contributed by atoms with E-state index in [1.807, 2.05) is 0 Å². The van der Waals surface area contributed by atoms with Gasteiger partial charge >= 0.3 is 6.18 Å². The van der Waals surface area contributed by atoms with Crippen LogP contribution in [0.1, 0.15) is 12.5 Å². The van der Waals surface area contributed by atoms with Gasteiger partial charge in [0, 0.05) is 6.54 Å². The second-order valence-electron chi connectivity index (χ2n) is 3.39. The summed E-state index contributed by atoms with van der Waals surface area (Å²) in [5.41, 5.74) is 5.29. The molecule has 0 heterocycles. The number of nitrogens with two attached hydrogens (primary N) is 1. The zero-order chi connectivity index (χ0) is 13.2. The molecule has 0 aliphatic rings. The lowest BCUT2D eigenvalue weighted by Crippen LogP contribution is -2.31. The molecule has 2 N–H and O–H groups in total. The molecule has 1 unspecified atom stereocenters. The van der Waals surface area contributed by atoms with Crippen molar-refractivity contribution in [1.82, 2.24) is 0 Å². The molecular formula is C10H10F5NO. The molecule has 0 radical (unpaired) electrons. The van der Waals surface area contributed by atoms with Crippen LogP contribution in [0.3, 0.4) is 0 Å². The molecule has 2 nitrogen and oxygen atoms in total. The average Bonchev–Trinajstić information content (AvgIpc) is 2.21. The van der Waals surface area contributed by atoms with E-state index in [1.54, 1.807) is 0 Å². The Balaban J connectivity index is 3.00. The third-order valence-corrected chi connectivity index (χ3v) is 2.05. The highest BCUT2D eigenvalue weighted by atomic mass is 19.4. The van der Waals surface area contributed by atoms with Crippen LogP contribution in [0.25, 0.3) is 0 Å². The van der Waals surface area contributed by atoms with Gasteiger partial charge in [-0.05, 0) is 24.6 Å². The molecule has 1 atom stereocenters. The number of alkyl halides is 3. The van der Waals surface area contributed by atoms with E-state index in [4.69, 9.17) is 5.73 Å². The Morgan fingerprint density at radius 2 is 1.71 bits per heavy atom. The van der Waals surface area contributed by atoms with Crippen molar-refractivity contribution >= 4 is 0 Å². The van der Waals surface area contributed by atoms with Gasteiger partial charge in [-0.2, -0.15) is 13.2 Å². The molecule has 0 saturated heterocycles. The first-order valence-corrected chi connectivity index (χ1v) is 4.67. The van der Waals surface area contributed by atoms with Gasteiger partial charge in [0.15, 0.2) is 23.5 Å². The van der Waals surface area contributed by atoms with Crippen LogP contribution in [0.15, 0.2) is 12.1 Å². The lowest BCUT2D eigenvalue weighted by atomic mass is 10.2. The predicted molar refractivity (Wildman–Crippen MR) is 50.4 cm³/mol. The molecule has 96 valence electrons. The summed E-state index contributed by atoms with van der Waals surface area (Å²) in [5.74, 6) is -3.46. The molecule has 0 saturated carbocycles. The number of ether oxygens (including phenoxy) is 1. The Kier molecular flexibility index (Phi) is 3.92. The average molecular weight is 255 g/mol. The Morgan fingerprint density at radius 1 is 1.24 bits per heavy atom. The highest BCUT2D eigenvalue weighted by Crippen LogP contribution is 2.29.